The van der Waals surface area contributed by atoms with E-state index in [9.17, 15) is 9.18 Å². The van der Waals surface area contributed by atoms with Crippen LogP contribution in [0.1, 0.15) is 40.5 Å². The number of aromatic nitrogens is 1. The van der Waals surface area contributed by atoms with Crippen molar-refractivity contribution in [1.82, 2.24) is 14.8 Å². The first-order valence-electron chi connectivity index (χ1n) is 9.86. The van der Waals surface area contributed by atoms with Gasteiger partial charge in [0.1, 0.15) is 11.5 Å². The molecule has 5 heterocycles. The SMILES string of the molecule is Cc1cccc(C(=O)N2C[C@@H](c3ccc(F)cc3)[C@@H]3[C@H]2C2CCN3CC2)n1. The summed E-state index contributed by atoms with van der Waals surface area (Å²) in [7, 11) is 0. The lowest BCUT2D eigenvalue weighted by atomic mass is 9.75. The summed E-state index contributed by atoms with van der Waals surface area (Å²) >= 11 is 0. The summed E-state index contributed by atoms with van der Waals surface area (Å²) in [5, 5.41) is 0. The van der Waals surface area contributed by atoms with Crippen molar-refractivity contribution in [3.63, 3.8) is 0 Å². The Morgan fingerprint density at radius 1 is 1.07 bits per heavy atom. The lowest BCUT2D eigenvalue weighted by Gasteiger charge is -2.51. The molecule has 0 radical (unpaired) electrons. The number of hydrogen-bond acceptors (Lipinski definition) is 3. The monoisotopic (exact) mass is 365 g/mol. The molecule has 0 aliphatic carbocycles. The third-order valence-electron chi connectivity index (χ3n) is 6.66. The normalized spacial score (nSPS) is 31.8. The number of hydrogen-bond donors (Lipinski definition) is 0. The second-order valence-corrected chi connectivity index (χ2v) is 8.13. The van der Waals surface area contributed by atoms with Gasteiger partial charge < -0.3 is 4.90 Å². The summed E-state index contributed by atoms with van der Waals surface area (Å²) in [6, 6.07) is 13.0. The predicted molar refractivity (Wildman–Crippen MR) is 101 cm³/mol. The maximum atomic E-state index is 13.4. The van der Waals surface area contributed by atoms with Gasteiger partial charge in [-0.1, -0.05) is 18.2 Å². The van der Waals surface area contributed by atoms with Gasteiger partial charge in [0, 0.05) is 24.2 Å². The van der Waals surface area contributed by atoms with Gasteiger partial charge in [0.2, 0.25) is 0 Å². The molecule has 3 atom stereocenters. The van der Waals surface area contributed by atoms with Crippen LogP contribution in [0, 0.1) is 18.7 Å². The highest BCUT2D eigenvalue weighted by Crippen LogP contribution is 2.46. The molecule has 0 N–H and O–H groups in total. The van der Waals surface area contributed by atoms with E-state index >= 15 is 0 Å². The molecule has 1 aromatic heterocycles. The van der Waals surface area contributed by atoms with Crippen LogP contribution >= 0.6 is 0 Å². The van der Waals surface area contributed by atoms with Crippen molar-refractivity contribution in [1.29, 1.82) is 0 Å². The number of likely N-dealkylation sites (tertiary alicyclic amines) is 1. The van der Waals surface area contributed by atoms with Crippen LogP contribution in [0.4, 0.5) is 4.39 Å². The van der Waals surface area contributed by atoms with Gasteiger partial charge in [-0.25, -0.2) is 9.37 Å². The zero-order valence-corrected chi connectivity index (χ0v) is 15.5. The Morgan fingerprint density at radius 3 is 2.52 bits per heavy atom. The van der Waals surface area contributed by atoms with Crippen LogP contribution in [0.2, 0.25) is 0 Å². The fourth-order valence-corrected chi connectivity index (χ4v) is 5.47. The molecule has 0 unspecified atom stereocenters. The molecule has 27 heavy (non-hydrogen) atoms. The average Bonchev–Trinajstić information content (AvgIpc) is 3.12. The third kappa shape index (κ3) is 2.76. The number of fused-ring (bicyclic) bond motifs is 2. The molecular weight excluding hydrogens is 341 g/mol. The molecule has 5 heteroatoms. The fourth-order valence-electron chi connectivity index (χ4n) is 5.47. The minimum absolute atomic E-state index is 0.0343. The van der Waals surface area contributed by atoms with Crippen LogP contribution < -0.4 is 0 Å². The first kappa shape index (κ1) is 16.9. The maximum Gasteiger partial charge on any atom is 0.272 e. The summed E-state index contributed by atoms with van der Waals surface area (Å²) < 4.78 is 13.4. The van der Waals surface area contributed by atoms with Crippen molar-refractivity contribution < 1.29 is 9.18 Å². The fraction of sp³-hybridized carbons (Fsp3) is 0.455. The van der Waals surface area contributed by atoms with E-state index in [-0.39, 0.29) is 23.7 Å². The number of amides is 1. The highest BCUT2D eigenvalue weighted by Gasteiger charge is 2.54. The van der Waals surface area contributed by atoms with E-state index in [1.165, 1.54) is 12.1 Å². The van der Waals surface area contributed by atoms with Crippen LogP contribution in [-0.4, -0.2) is 52.4 Å². The standard InChI is InChI=1S/C22H24FN3O/c1-14-3-2-4-19(24-14)22(27)26-13-18(15-5-7-17(23)8-6-15)21-20(26)16-9-11-25(21)12-10-16/h2-8,16,18,20-21H,9-13H2,1H3/t18-,20+,21+/m0/s1. The van der Waals surface area contributed by atoms with Crippen LogP contribution in [-0.2, 0) is 0 Å². The molecule has 4 nitrogen and oxygen atoms in total. The van der Waals surface area contributed by atoms with Gasteiger partial charge in [-0.3, -0.25) is 9.69 Å². The van der Waals surface area contributed by atoms with Gasteiger partial charge in [-0.15, -0.1) is 0 Å². The molecule has 4 saturated heterocycles. The van der Waals surface area contributed by atoms with E-state index in [4.69, 9.17) is 0 Å². The van der Waals surface area contributed by atoms with Crippen molar-refractivity contribution in [3.05, 3.63) is 65.2 Å². The van der Waals surface area contributed by atoms with E-state index in [1.807, 2.05) is 37.3 Å². The van der Waals surface area contributed by atoms with Crippen LogP contribution in [0.3, 0.4) is 0 Å². The number of piperidine rings is 3. The number of rotatable bonds is 2. The third-order valence-corrected chi connectivity index (χ3v) is 6.66. The van der Waals surface area contributed by atoms with Gasteiger partial charge in [0.25, 0.3) is 5.91 Å². The predicted octanol–water partition coefficient (Wildman–Crippen LogP) is 3.23. The van der Waals surface area contributed by atoms with Gasteiger partial charge in [0.05, 0.1) is 6.04 Å². The van der Waals surface area contributed by atoms with Crippen LogP contribution in [0.15, 0.2) is 42.5 Å². The Hall–Kier alpha value is -2.27. The van der Waals surface area contributed by atoms with Gasteiger partial charge in [0.15, 0.2) is 0 Å². The van der Waals surface area contributed by atoms with Gasteiger partial charge in [-0.2, -0.15) is 0 Å². The van der Waals surface area contributed by atoms with E-state index in [0.717, 1.165) is 37.2 Å². The summed E-state index contributed by atoms with van der Waals surface area (Å²) in [5.74, 6) is 0.606. The zero-order valence-electron chi connectivity index (χ0n) is 15.5. The Bertz CT molecular complexity index is 860. The average molecular weight is 365 g/mol. The first-order chi connectivity index (χ1) is 13.1. The molecule has 1 aromatic carbocycles. The summed E-state index contributed by atoms with van der Waals surface area (Å²) in [4.78, 5) is 22.4. The largest absolute Gasteiger partial charge is 0.332 e. The number of aryl methyl sites for hydroxylation is 1. The van der Waals surface area contributed by atoms with E-state index in [0.29, 0.717) is 24.2 Å². The second kappa shape index (κ2) is 6.41. The van der Waals surface area contributed by atoms with E-state index < -0.39 is 0 Å². The van der Waals surface area contributed by atoms with Crippen LogP contribution in [0.25, 0.3) is 0 Å². The summed E-state index contributed by atoms with van der Waals surface area (Å²) in [6.07, 6.45) is 2.31. The molecule has 0 saturated carbocycles. The number of nitrogens with zero attached hydrogens (tertiary/aromatic N) is 3. The first-order valence-corrected chi connectivity index (χ1v) is 9.86. The summed E-state index contributed by atoms with van der Waals surface area (Å²) in [5.41, 5.74) is 2.53. The highest BCUT2D eigenvalue weighted by atomic mass is 19.1. The van der Waals surface area contributed by atoms with Gasteiger partial charge >= 0.3 is 0 Å². The topological polar surface area (TPSA) is 36.4 Å². The molecule has 6 rings (SSSR count). The molecule has 2 aromatic rings. The lowest BCUT2D eigenvalue weighted by molar-refractivity contribution is -0.00358. The molecular formula is C22H24FN3O. The Balaban J connectivity index is 1.52. The van der Waals surface area contributed by atoms with Crippen molar-refractivity contribution in [2.75, 3.05) is 19.6 Å². The van der Waals surface area contributed by atoms with Crippen molar-refractivity contribution in [3.8, 4) is 0 Å². The lowest BCUT2D eigenvalue weighted by Crippen LogP contribution is -2.60. The molecule has 4 fully saturated rings. The smallest absolute Gasteiger partial charge is 0.272 e. The molecule has 4 aliphatic rings. The van der Waals surface area contributed by atoms with Crippen molar-refractivity contribution in [2.45, 2.75) is 37.8 Å². The van der Waals surface area contributed by atoms with Crippen molar-refractivity contribution in [2.24, 2.45) is 5.92 Å². The minimum Gasteiger partial charge on any atom is -0.332 e. The molecule has 1 amide bonds. The van der Waals surface area contributed by atoms with Crippen LogP contribution in [0.5, 0.6) is 0 Å². The summed E-state index contributed by atoms with van der Waals surface area (Å²) in [6.45, 7) is 4.81. The Labute approximate surface area is 159 Å². The Kier molecular flexibility index (Phi) is 4.01. The highest BCUT2D eigenvalue weighted by molar-refractivity contribution is 5.93. The molecule has 2 bridgehead atoms. The minimum atomic E-state index is -0.212. The second-order valence-electron chi connectivity index (χ2n) is 8.13. The van der Waals surface area contributed by atoms with E-state index in [1.54, 1.807) is 0 Å². The Morgan fingerprint density at radius 2 is 1.81 bits per heavy atom. The quantitative estimate of drug-likeness (QED) is 0.820. The number of halogens is 1. The molecule has 0 spiro atoms. The van der Waals surface area contributed by atoms with E-state index in [2.05, 4.69) is 14.8 Å². The molecule has 4 aliphatic heterocycles. The number of benzene rings is 1. The number of carbonyl (C=O) groups is 1. The van der Waals surface area contributed by atoms with Gasteiger partial charge in [-0.05, 0) is 68.6 Å². The maximum absolute atomic E-state index is 13.4. The number of pyridine rings is 1. The zero-order chi connectivity index (χ0) is 18.5. The van der Waals surface area contributed by atoms with Crippen molar-refractivity contribution >= 4 is 5.91 Å². The molecule has 140 valence electrons. The number of carbonyl (C=O) groups excluding carboxylic acids is 1.